The van der Waals surface area contributed by atoms with Gasteiger partial charge in [-0.05, 0) is 42.3 Å². The van der Waals surface area contributed by atoms with Crippen molar-refractivity contribution in [1.82, 2.24) is 5.32 Å². The fourth-order valence-electron chi connectivity index (χ4n) is 2.86. The number of hydrogen-bond donors (Lipinski definition) is 1. The number of amides is 1. The van der Waals surface area contributed by atoms with E-state index >= 15 is 0 Å². The van der Waals surface area contributed by atoms with E-state index in [2.05, 4.69) is 5.32 Å². The maximum atomic E-state index is 12.7. The molecule has 2 aromatic carbocycles. The number of nitrogens with one attached hydrogen (secondary N) is 1. The topological polar surface area (TPSA) is 73.9 Å². The molecule has 31 heavy (non-hydrogen) atoms. The second-order valence-corrected chi connectivity index (χ2v) is 6.59. The maximum absolute atomic E-state index is 12.7. The third-order valence-electron chi connectivity index (χ3n) is 4.50. The van der Waals surface area contributed by atoms with Gasteiger partial charge >= 0.3 is 12.1 Å². The molecule has 6 nitrogen and oxygen atoms in total. The van der Waals surface area contributed by atoms with Crippen LogP contribution >= 0.6 is 0 Å². The summed E-state index contributed by atoms with van der Waals surface area (Å²) in [4.78, 5) is 24.6. The number of alkyl halides is 3. The van der Waals surface area contributed by atoms with E-state index in [1.54, 1.807) is 25.1 Å². The van der Waals surface area contributed by atoms with E-state index in [9.17, 15) is 22.8 Å². The van der Waals surface area contributed by atoms with Crippen molar-refractivity contribution in [3.8, 4) is 5.75 Å². The Bertz CT molecular complexity index is 897. The molecule has 0 aliphatic carbocycles. The third kappa shape index (κ3) is 6.71. The molecule has 0 heterocycles. The summed E-state index contributed by atoms with van der Waals surface area (Å²) in [5.74, 6) is -0.656. The Morgan fingerprint density at radius 2 is 1.68 bits per heavy atom. The second kappa shape index (κ2) is 10.8. The Hall–Kier alpha value is -3.07. The van der Waals surface area contributed by atoms with Crippen molar-refractivity contribution >= 4 is 11.9 Å². The lowest BCUT2D eigenvalue weighted by Crippen LogP contribution is -2.28. The number of halogens is 3. The highest BCUT2D eigenvalue weighted by molar-refractivity contribution is 5.97. The van der Waals surface area contributed by atoms with Crippen LogP contribution in [0.25, 0.3) is 0 Å². The van der Waals surface area contributed by atoms with Crippen LogP contribution in [0.5, 0.6) is 5.75 Å². The zero-order chi connectivity index (χ0) is 23.0. The van der Waals surface area contributed by atoms with E-state index in [0.717, 1.165) is 12.1 Å². The first kappa shape index (κ1) is 24.2. The highest BCUT2D eigenvalue weighted by Gasteiger charge is 2.30. The molecule has 0 radical (unpaired) electrons. The molecular formula is C22H24F3NO5. The van der Waals surface area contributed by atoms with Gasteiger partial charge < -0.3 is 19.5 Å². The number of hydrogen-bond acceptors (Lipinski definition) is 5. The van der Waals surface area contributed by atoms with Gasteiger partial charge in [-0.2, -0.15) is 13.2 Å². The van der Waals surface area contributed by atoms with Crippen molar-refractivity contribution in [2.45, 2.75) is 32.2 Å². The first-order chi connectivity index (χ1) is 14.7. The van der Waals surface area contributed by atoms with Crippen LogP contribution in [0.2, 0.25) is 0 Å². The van der Waals surface area contributed by atoms with Gasteiger partial charge in [-0.1, -0.05) is 18.2 Å². The highest BCUT2D eigenvalue weighted by atomic mass is 19.4. The molecule has 168 valence electrons. The highest BCUT2D eigenvalue weighted by Crippen LogP contribution is 2.29. The first-order valence-electron chi connectivity index (χ1n) is 9.50. The van der Waals surface area contributed by atoms with E-state index < -0.39 is 29.7 Å². The molecule has 1 amide bonds. The standard InChI is InChI=1S/C22H24F3NO5/c1-4-31-21(28)19(30-3)12-15-7-10-18(29-2)17(11-15)20(27)26-13-14-5-8-16(9-6-14)22(23,24)25/h5-11,19H,4,12-13H2,1-3H3,(H,26,27). The Labute approximate surface area is 178 Å². The Morgan fingerprint density at radius 3 is 2.23 bits per heavy atom. The summed E-state index contributed by atoms with van der Waals surface area (Å²) in [6, 6.07) is 9.41. The molecular weight excluding hydrogens is 415 g/mol. The van der Waals surface area contributed by atoms with Gasteiger partial charge in [0.1, 0.15) is 5.75 Å². The number of rotatable bonds is 9. The summed E-state index contributed by atoms with van der Waals surface area (Å²) in [5.41, 5.74) is 0.635. The van der Waals surface area contributed by atoms with Gasteiger partial charge in [0.15, 0.2) is 6.10 Å². The van der Waals surface area contributed by atoms with E-state index in [1.807, 2.05) is 0 Å². The molecule has 1 unspecified atom stereocenters. The van der Waals surface area contributed by atoms with Crippen molar-refractivity contribution < 1.29 is 37.0 Å². The van der Waals surface area contributed by atoms with Crippen LogP contribution in [-0.2, 0) is 33.4 Å². The smallest absolute Gasteiger partial charge is 0.416 e. The number of esters is 1. The minimum absolute atomic E-state index is 0.0356. The summed E-state index contributed by atoms with van der Waals surface area (Å²) >= 11 is 0. The van der Waals surface area contributed by atoms with Gasteiger partial charge in [0.05, 0.1) is 24.8 Å². The number of benzene rings is 2. The van der Waals surface area contributed by atoms with Crippen LogP contribution < -0.4 is 10.1 Å². The molecule has 2 aromatic rings. The van der Waals surface area contributed by atoms with Gasteiger partial charge in [-0.25, -0.2) is 4.79 Å². The fraction of sp³-hybridized carbons (Fsp3) is 0.364. The molecule has 0 aliphatic rings. The molecule has 0 saturated heterocycles. The van der Waals surface area contributed by atoms with Crippen molar-refractivity contribution in [3.05, 3.63) is 64.7 Å². The predicted molar refractivity (Wildman–Crippen MR) is 107 cm³/mol. The van der Waals surface area contributed by atoms with E-state index in [4.69, 9.17) is 14.2 Å². The molecule has 0 saturated carbocycles. The summed E-state index contributed by atoms with van der Waals surface area (Å²) < 4.78 is 53.4. The SMILES string of the molecule is CCOC(=O)C(Cc1ccc(OC)c(C(=O)NCc2ccc(C(F)(F)F)cc2)c1)OC. The zero-order valence-corrected chi connectivity index (χ0v) is 17.4. The third-order valence-corrected chi connectivity index (χ3v) is 4.50. The molecule has 9 heteroatoms. The molecule has 0 aromatic heterocycles. The second-order valence-electron chi connectivity index (χ2n) is 6.59. The maximum Gasteiger partial charge on any atom is 0.416 e. The Kier molecular flexibility index (Phi) is 8.44. The Balaban J connectivity index is 2.12. The van der Waals surface area contributed by atoms with Gasteiger partial charge in [-0.3, -0.25) is 4.79 Å². The largest absolute Gasteiger partial charge is 0.496 e. The minimum Gasteiger partial charge on any atom is -0.496 e. The first-order valence-corrected chi connectivity index (χ1v) is 9.50. The summed E-state index contributed by atoms with van der Waals surface area (Å²) in [7, 11) is 2.81. The number of carbonyl (C=O) groups excluding carboxylic acids is 2. The molecule has 2 rings (SSSR count). The molecule has 1 atom stereocenters. The molecule has 0 aliphatic heterocycles. The lowest BCUT2D eigenvalue weighted by molar-refractivity contribution is -0.154. The summed E-state index contributed by atoms with van der Waals surface area (Å²) in [6.07, 6.45) is -5.05. The van der Waals surface area contributed by atoms with Crippen LogP contribution in [0.1, 0.15) is 34.0 Å². The van der Waals surface area contributed by atoms with Crippen LogP contribution in [0.15, 0.2) is 42.5 Å². The normalized spacial score (nSPS) is 12.2. The Morgan fingerprint density at radius 1 is 1.03 bits per heavy atom. The number of methoxy groups -OCH3 is 2. The van der Waals surface area contributed by atoms with E-state index in [-0.39, 0.29) is 25.1 Å². The van der Waals surface area contributed by atoms with Crippen LogP contribution in [0.3, 0.4) is 0 Å². The zero-order valence-electron chi connectivity index (χ0n) is 17.4. The molecule has 1 N–H and O–H groups in total. The van der Waals surface area contributed by atoms with Crippen molar-refractivity contribution in [2.24, 2.45) is 0 Å². The van der Waals surface area contributed by atoms with Crippen LogP contribution in [-0.4, -0.2) is 38.8 Å². The summed E-state index contributed by atoms with van der Waals surface area (Å²) in [5, 5.41) is 2.66. The van der Waals surface area contributed by atoms with Crippen LogP contribution in [0.4, 0.5) is 13.2 Å². The quantitative estimate of drug-likeness (QED) is 0.603. The minimum atomic E-state index is -4.42. The lowest BCUT2D eigenvalue weighted by atomic mass is 10.0. The predicted octanol–water partition coefficient (Wildman–Crippen LogP) is 3.76. The van der Waals surface area contributed by atoms with Gasteiger partial charge in [0.25, 0.3) is 5.91 Å². The lowest BCUT2D eigenvalue weighted by Gasteiger charge is -2.16. The van der Waals surface area contributed by atoms with Gasteiger partial charge in [0.2, 0.25) is 0 Å². The number of carbonyl (C=O) groups is 2. The average molecular weight is 439 g/mol. The van der Waals surface area contributed by atoms with Gasteiger partial charge in [-0.15, -0.1) is 0 Å². The molecule has 0 fully saturated rings. The van der Waals surface area contributed by atoms with Crippen molar-refractivity contribution in [3.63, 3.8) is 0 Å². The van der Waals surface area contributed by atoms with Crippen LogP contribution in [0, 0.1) is 0 Å². The van der Waals surface area contributed by atoms with Crippen molar-refractivity contribution in [2.75, 3.05) is 20.8 Å². The fourth-order valence-corrected chi connectivity index (χ4v) is 2.86. The van der Waals surface area contributed by atoms with Crippen molar-refractivity contribution in [1.29, 1.82) is 0 Å². The molecule has 0 bridgehead atoms. The van der Waals surface area contributed by atoms with E-state index in [0.29, 0.717) is 16.9 Å². The molecule has 0 spiro atoms. The van der Waals surface area contributed by atoms with E-state index in [1.165, 1.54) is 26.4 Å². The average Bonchev–Trinajstić information content (AvgIpc) is 2.75. The monoisotopic (exact) mass is 439 g/mol. The summed E-state index contributed by atoms with van der Waals surface area (Å²) in [6.45, 7) is 1.95. The van der Waals surface area contributed by atoms with Gasteiger partial charge in [0, 0.05) is 20.1 Å². The number of ether oxygens (including phenoxy) is 3.